The molecule has 0 aromatic rings. The van der Waals surface area contributed by atoms with E-state index in [2.05, 4.69) is 6.92 Å². The highest BCUT2D eigenvalue weighted by atomic mass is 32.2. The zero-order chi connectivity index (χ0) is 8.10. The molecule has 0 radical (unpaired) electrons. The van der Waals surface area contributed by atoms with E-state index in [9.17, 15) is 0 Å². The van der Waals surface area contributed by atoms with Crippen molar-refractivity contribution in [3.05, 3.63) is 0 Å². The molecule has 1 heterocycles. The van der Waals surface area contributed by atoms with Crippen molar-refractivity contribution in [1.82, 2.24) is 0 Å². The van der Waals surface area contributed by atoms with Crippen molar-refractivity contribution in [2.45, 2.75) is 31.1 Å². The topological polar surface area (TPSA) is 29.5 Å². The fraction of sp³-hybridized carbons (Fsp3) is 1.00. The molecule has 0 bridgehead atoms. The van der Waals surface area contributed by atoms with Crippen LogP contribution >= 0.6 is 11.8 Å². The standard InChI is InChI=1S/C8H16O2S/c1-7-8(3-5-10-7)11-6-2-4-9/h7-9H,2-6H2,1H3. The predicted octanol–water partition coefficient (Wildman–Crippen LogP) is 1.28. The molecule has 1 rings (SSSR count). The lowest BCUT2D eigenvalue weighted by molar-refractivity contribution is 0.127. The average Bonchev–Trinajstić information content (AvgIpc) is 2.37. The minimum Gasteiger partial charge on any atom is -0.396 e. The van der Waals surface area contributed by atoms with Gasteiger partial charge in [-0.05, 0) is 25.5 Å². The van der Waals surface area contributed by atoms with Crippen molar-refractivity contribution in [2.75, 3.05) is 19.0 Å². The van der Waals surface area contributed by atoms with Crippen LogP contribution in [0.5, 0.6) is 0 Å². The van der Waals surface area contributed by atoms with E-state index in [0.717, 1.165) is 18.8 Å². The molecule has 0 saturated carbocycles. The lowest BCUT2D eigenvalue weighted by Gasteiger charge is -2.12. The molecule has 1 aliphatic heterocycles. The van der Waals surface area contributed by atoms with Crippen LogP contribution in [0.15, 0.2) is 0 Å². The fourth-order valence-corrected chi connectivity index (χ4v) is 2.44. The third kappa shape index (κ3) is 3.01. The average molecular weight is 176 g/mol. The first-order valence-electron chi connectivity index (χ1n) is 4.18. The van der Waals surface area contributed by atoms with Gasteiger partial charge in [0.25, 0.3) is 0 Å². The van der Waals surface area contributed by atoms with Gasteiger partial charge in [-0.25, -0.2) is 0 Å². The van der Waals surface area contributed by atoms with Gasteiger partial charge in [0.1, 0.15) is 0 Å². The third-order valence-corrected chi connectivity index (χ3v) is 3.51. The maximum absolute atomic E-state index is 8.56. The molecule has 2 unspecified atom stereocenters. The van der Waals surface area contributed by atoms with Gasteiger partial charge in [0.15, 0.2) is 0 Å². The SMILES string of the molecule is CC1OCCC1SCCCO. The van der Waals surface area contributed by atoms with Crippen molar-refractivity contribution in [3.63, 3.8) is 0 Å². The van der Waals surface area contributed by atoms with Crippen molar-refractivity contribution in [2.24, 2.45) is 0 Å². The summed E-state index contributed by atoms with van der Waals surface area (Å²) in [7, 11) is 0. The summed E-state index contributed by atoms with van der Waals surface area (Å²) < 4.78 is 5.41. The molecule has 0 aliphatic carbocycles. The first-order chi connectivity index (χ1) is 5.34. The van der Waals surface area contributed by atoms with E-state index in [0.29, 0.717) is 18.0 Å². The van der Waals surface area contributed by atoms with Crippen LogP contribution in [0.25, 0.3) is 0 Å². The van der Waals surface area contributed by atoms with E-state index < -0.39 is 0 Å². The Bertz CT molecular complexity index is 108. The molecule has 11 heavy (non-hydrogen) atoms. The zero-order valence-corrected chi connectivity index (χ0v) is 7.77. The predicted molar refractivity (Wildman–Crippen MR) is 48.0 cm³/mol. The number of thioether (sulfide) groups is 1. The van der Waals surface area contributed by atoms with Crippen LogP contribution in [0.1, 0.15) is 19.8 Å². The summed E-state index contributed by atoms with van der Waals surface area (Å²) in [5.74, 6) is 1.06. The van der Waals surface area contributed by atoms with Crippen molar-refractivity contribution in [3.8, 4) is 0 Å². The van der Waals surface area contributed by atoms with Crippen LogP contribution in [0.4, 0.5) is 0 Å². The minimum absolute atomic E-state index is 0.314. The molecule has 66 valence electrons. The van der Waals surface area contributed by atoms with Gasteiger partial charge in [0.2, 0.25) is 0 Å². The molecule has 2 nitrogen and oxygen atoms in total. The number of rotatable bonds is 4. The second kappa shape index (κ2) is 5.01. The first kappa shape index (κ1) is 9.36. The number of aliphatic hydroxyl groups excluding tert-OH is 1. The normalized spacial score (nSPS) is 31.1. The number of ether oxygens (including phenoxy) is 1. The Labute approximate surface area is 72.3 Å². The lowest BCUT2D eigenvalue weighted by Crippen LogP contribution is -2.13. The van der Waals surface area contributed by atoms with Gasteiger partial charge in [-0.3, -0.25) is 0 Å². The van der Waals surface area contributed by atoms with Gasteiger partial charge in [-0.2, -0.15) is 11.8 Å². The smallest absolute Gasteiger partial charge is 0.0666 e. The monoisotopic (exact) mass is 176 g/mol. The van der Waals surface area contributed by atoms with E-state index in [4.69, 9.17) is 9.84 Å². The van der Waals surface area contributed by atoms with Gasteiger partial charge in [-0.15, -0.1) is 0 Å². The van der Waals surface area contributed by atoms with Crippen molar-refractivity contribution < 1.29 is 9.84 Å². The summed E-state index contributed by atoms with van der Waals surface area (Å²) in [6, 6.07) is 0. The Balaban J connectivity index is 2.05. The fourth-order valence-electron chi connectivity index (χ4n) is 1.23. The molecule has 0 spiro atoms. The summed E-state index contributed by atoms with van der Waals surface area (Å²) in [4.78, 5) is 0. The van der Waals surface area contributed by atoms with Crippen LogP contribution < -0.4 is 0 Å². The Hall–Kier alpha value is 0.270. The van der Waals surface area contributed by atoms with E-state index in [1.807, 2.05) is 11.8 Å². The third-order valence-electron chi connectivity index (χ3n) is 1.94. The quantitative estimate of drug-likeness (QED) is 0.654. The summed E-state index contributed by atoms with van der Waals surface area (Å²) in [5.41, 5.74) is 0. The molecule has 0 aromatic carbocycles. The molecular weight excluding hydrogens is 160 g/mol. The molecule has 3 heteroatoms. The molecule has 1 saturated heterocycles. The van der Waals surface area contributed by atoms with Crippen LogP contribution in [-0.4, -0.2) is 35.4 Å². The number of hydrogen-bond donors (Lipinski definition) is 1. The summed E-state index contributed by atoms with van der Waals surface area (Å²) in [6.07, 6.45) is 2.50. The second-order valence-corrected chi connectivity index (χ2v) is 4.20. The highest BCUT2D eigenvalue weighted by molar-refractivity contribution is 7.99. The highest BCUT2D eigenvalue weighted by Crippen LogP contribution is 2.26. The van der Waals surface area contributed by atoms with E-state index in [-0.39, 0.29) is 0 Å². The summed E-state index contributed by atoms with van der Waals surface area (Å²) in [6.45, 7) is 3.36. The maximum atomic E-state index is 8.56. The van der Waals surface area contributed by atoms with E-state index >= 15 is 0 Å². The molecule has 0 amide bonds. The largest absolute Gasteiger partial charge is 0.396 e. The van der Waals surface area contributed by atoms with Gasteiger partial charge in [0.05, 0.1) is 6.10 Å². The van der Waals surface area contributed by atoms with Crippen molar-refractivity contribution in [1.29, 1.82) is 0 Å². The van der Waals surface area contributed by atoms with Gasteiger partial charge in [-0.1, -0.05) is 0 Å². The lowest BCUT2D eigenvalue weighted by atomic mass is 10.3. The molecule has 1 fully saturated rings. The maximum Gasteiger partial charge on any atom is 0.0666 e. The Morgan fingerprint density at radius 3 is 3.00 bits per heavy atom. The summed E-state index contributed by atoms with van der Waals surface area (Å²) in [5, 5.41) is 9.23. The summed E-state index contributed by atoms with van der Waals surface area (Å²) >= 11 is 1.93. The number of hydrogen-bond acceptors (Lipinski definition) is 3. The highest BCUT2D eigenvalue weighted by Gasteiger charge is 2.23. The molecule has 0 aromatic heterocycles. The van der Waals surface area contributed by atoms with Crippen LogP contribution in [-0.2, 0) is 4.74 Å². The van der Waals surface area contributed by atoms with Gasteiger partial charge < -0.3 is 9.84 Å². The van der Waals surface area contributed by atoms with E-state index in [1.165, 1.54) is 6.42 Å². The van der Waals surface area contributed by atoms with Crippen LogP contribution in [0, 0.1) is 0 Å². The van der Waals surface area contributed by atoms with Crippen LogP contribution in [0.3, 0.4) is 0 Å². The Kier molecular flexibility index (Phi) is 4.26. The van der Waals surface area contributed by atoms with Crippen molar-refractivity contribution >= 4 is 11.8 Å². The first-order valence-corrected chi connectivity index (χ1v) is 5.23. The van der Waals surface area contributed by atoms with Gasteiger partial charge in [0, 0.05) is 18.5 Å². The molecule has 1 aliphatic rings. The second-order valence-electron chi connectivity index (χ2n) is 2.85. The molecule has 1 N–H and O–H groups in total. The minimum atomic E-state index is 0.314. The van der Waals surface area contributed by atoms with Gasteiger partial charge >= 0.3 is 0 Å². The Morgan fingerprint density at radius 2 is 2.45 bits per heavy atom. The van der Waals surface area contributed by atoms with Crippen LogP contribution in [0.2, 0.25) is 0 Å². The van der Waals surface area contributed by atoms with E-state index in [1.54, 1.807) is 0 Å². The zero-order valence-electron chi connectivity index (χ0n) is 6.95. The number of aliphatic hydroxyl groups is 1. The molecular formula is C8H16O2S. The Morgan fingerprint density at radius 1 is 1.64 bits per heavy atom. The molecule has 2 atom stereocenters.